The highest BCUT2D eigenvalue weighted by atomic mass is 32.1. The molecule has 2 fully saturated rings. The smallest absolute Gasteiger partial charge is 0.187 e. The van der Waals surface area contributed by atoms with Gasteiger partial charge in [-0.15, -0.1) is 11.3 Å². The predicted molar refractivity (Wildman–Crippen MR) is 135 cm³/mol. The van der Waals surface area contributed by atoms with E-state index in [4.69, 9.17) is 9.72 Å². The van der Waals surface area contributed by atoms with Crippen molar-refractivity contribution in [3.05, 3.63) is 35.1 Å². The Morgan fingerprint density at radius 2 is 1.88 bits per heavy atom. The van der Waals surface area contributed by atoms with Gasteiger partial charge in [-0.05, 0) is 31.4 Å². The third kappa shape index (κ3) is 7.39. The second kappa shape index (κ2) is 12.7. The van der Waals surface area contributed by atoms with E-state index in [0.29, 0.717) is 18.0 Å². The fourth-order valence-corrected chi connectivity index (χ4v) is 5.65. The van der Waals surface area contributed by atoms with Crippen molar-refractivity contribution in [2.75, 3.05) is 38.1 Å². The average molecular weight is 475 g/mol. The second-order valence-electron chi connectivity index (χ2n) is 9.43. The van der Waals surface area contributed by atoms with Gasteiger partial charge in [-0.3, -0.25) is 9.80 Å². The summed E-state index contributed by atoms with van der Waals surface area (Å²) in [7, 11) is 0. The molecule has 2 aromatic rings. The number of unbranched alkanes of at least 4 members (excludes halogenated alkanes) is 2. The Balaban J connectivity index is 1.23. The van der Waals surface area contributed by atoms with E-state index in [-0.39, 0.29) is 5.82 Å². The van der Waals surface area contributed by atoms with Crippen LogP contribution in [0.4, 0.5) is 15.2 Å². The van der Waals surface area contributed by atoms with Crippen LogP contribution in [0, 0.1) is 5.82 Å². The third-order valence-electron chi connectivity index (χ3n) is 6.87. The number of thiazole rings is 1. The lowest BCUT2D eigenvalue weighted by atomic mass is 10.1. The van der Waals surface area contributed by atoms with Gasteiger partial charge in [0, 0.05) is 55.9 Å². The Hall–Kier alpha value is -1.70. The lowest BCUT2D eigenvalue weighted by Gasteiger charge is -2.39. The molecule has 4 rings (SSSR count). The number of piperazine rings is 1. The van der Waals surface area contributed by atoms with Crippen molar-refractivity contribution in [3.63, 3.8) is 0 Å². The first-order valence-electron chi connectivity index (χ1n) is 12.8. The third-order valence-corrected chi connectivity index (χ3v) is 7.68. The number of rotatable bonds is 10. The first kappa shape index (κ1) is 24.4. The SMILES string of the molecule is CCCCCOc1ccc(Nc2nc(CN3CCN(C4CCCCCC4)CC3)cs2)cc1F. The number of hydrogen-bond donors (Lipinski definition) is 1. The maximum atomic E-state index is 14.4. The first-order valence-corrected chi connectivity index (χ1v) is 13.7. The van der Waals surface area contributed by atoms with Crippen LogP contribution in [0.3, 0.4) is 0 Å². The molecule has 1 saturated carbocycles. The fraction of sp³-hybridized carbons (Fsp3) is 0.654. The van der Waals surface area contributed by atoms with E-state index in [2.05, 4.69) is 27.4 Å². The van der Waals surface area contributed by atoms with E-state index in [1.54, 1.807) is 17.4 Å². The topological polar surface area (TPSA) is 40.6 Å². The molecule has 0 bridgehead atoms. The molecule has 1 aromatic heterocycles. The normalized spacial score (nSPS) is 18.8. The molecular formula is C26H39FN4OS. The van der Waals surface area contributed by atoms with Crippen LogP contribution in [0.25, 0.3) is 0 Å². The van der Waals surface area contributed by atoms with E-state index in [1.807, 2.05) is 6.07 Å². The molecule has 182 valence electrons. The Kier molecular flexibility index (Phi) is 9.38. The largest absolute Gasteiger partial charge is 0.491 e. The van der Waals surface area contributed by atoms with Crippen molar-refractivity contribution in [3.8, 4) is 5.75 Å². The Morgan fingerprint density at radius 3 is 2.61 bits per heavy atom. The van der Waals surface area contributed by atoms with Gasteiger partial charge in [-0.25, -0.2) is 9.37 Å². The molecule has 1 aliphatic heterocycles. The number of halogens is 1. The summed E-state index contributed by atoms with van der Waals surface area (Å²) < 4.78 is 19.9. The minimum absolute atomic E-state index is 0.319. The van der Waals surface area contributed by atoms with Crippen LogP contribution in [0.15, 0.2) is 23.6 Å². The fourth-order valence-electron chi connectivity index (χ4n) is 4.93. The van der Waals surface area contributed by atoms with Gasteiger partial charge < -0.3 is 10.1 Å². The minimum Gasteiger partial charge on any atom is -0.491 e. The van der Waals surface area contributed by atoms with Gasteiger partial charge in [0.2, 0.25) is 0 Å². The van der Waals surface area contributed by atoms with Gasteiger partial charge in [0.05, 0.1) is 12.3 Å². The molecule has 0 radical (unpaired) electrons. The lowest BCUT2D eigenvalue weighted by Crippen LogP contribution is -2.49. The highest BCUT2D eigenvalue weighted by molar-refractivity contribution is 7.13. The van der Waals surface area contributed by atoms with Crippen molar-refractivity contribution in [2.45, 2.75) is 77.3 Å². The summed E-state index contributed by atoms with van der Waals surface area (Å²) in [5, 5.41) is 6.16. The van der Waals surface area contributed by atoms with Gasteiger partial charge in [0.15, 0.2) is 16.7 Å². The zero-order valence-electron chi connectivity index (χ0n) is 20.0. The molecule has 5 nitrogen and oxygen atoms in total. The highest BCUT2D eigenvalue weighted by Gasteiger charge is 2.24. The molecule has 0 atom stereocenters. The Bertz CT molecular complexity index is 845. The van der Waals surface area contributed by atoms with Crippen molar-refractivity contribution in [2.24, 2.45) is 0 Å². The number of anilines is 2. The van der Waals surface area contributed by atoms with Crippen molar-refractivity contribution in [1.29, 1.82) is 0 Å². The number of hydrogen-bond acceptors (Lipinski definition) is 6. The quantitative estimate of drug-likeness (QED) is 0.317. The average Bonchev–Trinajstić information content (AvgIpc) is 3.08. The van der Waals surface area contributed by atoms with Crippen molar-refractivity contribution in [1.82, 2.24) is 14.8 Å². The second-order valence-corrected chi connectivity index (χ2v) is 10.3. The number of benzene rings is 1. The Morgan fingerprint density at radius 1 is 1.09 bits per heavy atom. The summed E-state index contributed by atoms with van der Waals surface area (Å²) in [4.78, 5) is 9.98. The maximum Gasteiger partial charge on any atom is 0.187 e. The van der Waals surface area contributed by atoms with Crippen LogP contribution in [-0.4, -0.2) is 53.6 Å². The van der Waals surface area contributed by atoms with Crippen LogP contribution in [0.1, 0.15) is 70.4 Å². The summed E-state index contributed by atoms with van der Waals surface area (Å²) in [5.41, 5.74) is 1.79. The van der Waals surface area contributed by atoms with Crippen molar-refractivity contribution < 1.29 is 9.13 Å². The highest BCUT2D eigenvalue weighted by Crippen LogP contribution is 2.27. The summed E-state index contributed by atoms with van der Waals surface area (Å²) in [5.74, 6) is -0.0145. The van der Waals surface area contributed by atoms with E-state index < -0.39 is 0 Å². The number of nitrogens with zero attached hydrogens (tertiary/aromatic N) is 3. The van der Waals surface area contributed by atoms with Gasteiger partial charge >= 0.3 is 0 Å². The lowest BCUT2D eigenvalue weighted by molar-refractivity contribution is 0.0846. The predicted octanol–water partition coefficient (Wildman–Crippen LogP) is 6.44. The van der Waals surface area contributed by atoms with E-state index >= 15 is 0 Å². The molecule has 33 heavy (non-hydrogen) atoms. The van der Waals surface area contributed by atoms with Gasteiger partial charge in [0.1, 0.15) is 0 Å². The molecule has 0 amide bonds. The van der Waals surface area contributed by atoms with Crippen LogP contribution in [-0.2, 0) is 6.54 Å². The van der Waals surface area contributed by atoms with Crippen LogP contribution in [0.5, 0.6) is 5.75 Å². The summed E-state index contributed by atoms with van der Waals surface area (Å²) in [6, 6.07) is 5.85. The van der Waals surface area contributed by atoms with Crippen molar-refractivity contribution >= 4 is 22.2 Å². The first-order chi connectivity index (χ1) is 16.2. The number of ether oxygens (including phenoxy) is 1. The maximum absolute atomic E-state index is 14.4. The molecule has 7 heteroatoms. The molecule has 2 aliphatic rings. The zero-order chi connectivity index (χ0) is 22.9. The van der Waals surface area contributed by atoms with Crippen LogP contribution >= 0.6 is 11.3 Å². The molecule has 1 aromatic carbocycles. The van der Waals surface area contributed by atoms with E-state index in [1.165, 1.54) is 57.7 Å². The van der Waals surface area contributed by atoms with Gasteiger partial charge in [-0.1, -0.05) is 45.4 Å². The molecular weight excluding hydrogens is 435 g/mol. The van der Waals surface area contributed by atoms with Gasteiger partial charge in [0.25, 0.3) is 0 Å². The monoisotopic (exact) mass is 474 g/mol. The van der Waals surface area contributed by atoms with E-state index in [0.717, 1.165) is 55.8 Å². The molecule has 1 saturated heterocycles. The molecule has 0 spiro atoms. The summed E-state index contributed by atoms with van der Waals surface area (Å²) in [6.07, 6.45) is 11.6. The van der Waals surface area contributed by atoms with Crippen LogP contribution in [0.2, 0.25) is 0 Å². The zero-order valence-corrected chi connectivity index (χ0v) is 20.8. The summed E-state index contributed by atoms with van der Waals surface area (Å²) in [6.45, 7) is 8.16. The molecule has 1 N–H and O–H groups in total. The summed E-state index contributed by atoms with van der Waals surface area (Å²) >= 11 is 1.57. The minimum atomic E-state index is -0.334. The Labute approximate surface area is 202 Å². The van der Waals surface area contributed by atoms with Gasteiger partial charge in [-0.2, -0.15) is 0 Å². The standard InChI is InChI=1S/C26H39FN4OS/c1-2-3-8-17-32-25-12-11-21(18-24(25)27)28-26-29-22(20-33-26)19-30-13-15-31(16-14-30)23-9-6-4-5-7-10-23/h11-12,18,20,23H,2-10,13-17,19H2,1H3,(H,28,29). The molecule has 0 unspecified atom stereocenters. The number of nitrogens with one attached hydrogen (secondary N) is 1. The molecule has 2 heterocycles. The van der Waals surface area contributed by atoms with E-state index in [9.17, 15) is 4.39 Å². The number of aromatic nitrogens is 1. The molecule has 1 aliphatic carbocycles. The van der Waals surface area contributed by atoms with Crippen LogP contribution < -0.4 is 10.1 Å².